The molecular formula is C16H16N2O2. The lowest BCUT2D eigenvalue weighted by Crippen LogP contribution is -2.11. The highest BCUT2D eigenvalue weighted by atomic mass is 16.5. The highest BCUT2D eigenvalue weighted by Gasteiger charge is 2.13. The predicted molar refractivity (Wildman–Crippen MR) is 79.6 cm³/mol. The molecule has 1 amide bonds. The van der Waals surface area contributed by atoms with Crippen LogP contribution in [0.2, 0.25) is 0 Å². The lowest BCUT2D eigenvalue weighted by atomic mass is 10.1. The van der Waals surface area contributed by atoms with Crippen molar-refractivity contribution in [2.75, 3.05) is 24.3 Å². The van der Waals surface area contributed by atoms with Crippen molar-refractivity contribution < 1.29 is 9.53 Å². The van der Waals surface area contributed by atoms with E-state index in [-0.39, 0.29) is 5.91 Å². The van der Waals surface area contributed by atoms with E-state index in [9.17, 15) is 4.79 Å². The van der Waals surface area contributed by atoms with E-state index in [2.05, 4.69) is 10.6 Å². The van der Waals surface area contributed by atoms with Crippen molar-refractivity contribution in [3.63, 3.8) is 0 Å². The predicted octanol–water partition coefficient (Wildman–Crippen LogP) is 2.92. The van der Waals surface area contributed by atoms with E-state index in [0.717, 1.165) is 35.7 Å². The summed E-state index contributed by atoms with van der Waals surface area (Å²) in [5.74, 6) is 0.813. The maximum absolute atomic E-state index is 12.2. The molecule has 0 saturated carbocycles. The molecule has 2 N–H and O–H groups in total. The second kappa shape index (κ2) is 5.25. The normalized spacial score (nSPS) is 12.4. The zero-order valence-electron chi connectivity index (χ0n) is 11.3. The molecule has 0 unspecified atom stereocenters. The van der Waals surface area contributed by atoms with Crippen LogP contribution in [0.5, 0.6) is 5.75 Å². The lowest BCUT2D eigenvalue weighted by Gasteiger charge is -2.07. The first-order chi connectivity index (χ1) is 9.76. The number of benzene rings is 2. The molecule has 0 radical (unpaired) electrons. The Morgan fingerprint density at radius 1 is 1.10 bits per heavy atom. The molecule has 0 fully saturated rings. The molecule has 2 aromatic carbocycles. The summed E-state index contributed by atoms with van der Waals surface area (Å²) in [6.45, 7) is 0.720. The molecule has 1 heterocycles. The average Bonchev–Trinajstić information content (AvgIpc) is 2.95. The van der Waals surface area contributed by atoms with Crippen molar-refractivity contribution in [1.29, 1.82) is 0 Å². The van der Waals surface area contributed by atoms with Crippen molar-refractivity contribution in [3.05, 3.63) is 53.6 Å². The highest BCUT2D eigenvalue weighted by molar-refractivity contribution is 6.04. The largest absolute Gasteiger partial charge is 0.493 e. The van der Waals surface area contributed by atoms with Crippen LogP contribution in [-0.4, -0.2) is 19.6 Å². The van der Waals surface area contributed by atoms with Crippen LogP contribution in [0.25, 0.3) is 0 Å². The second-order valence-electron chi connectivity index (χ2n) is 4.70. The zero-order valence-corrected chi connectivity index (χ0v) is 11.3. The van der Waals surface area contributed by atoms with Gasteiger partial charge in [0, 0.05) is 30.4 Å². The Morgan fingerprint density at radius 2 is 1.85 bits per heavy atom. The molecule has 0 saturated heterocycles. The summed E-state index contributed by atoms with van der Waals surface area (Å²) >= 11 is 0. The average molecular weight is 268 g/mol. The fourth-order valence-electron chi connectivity index (χ4n) is 2.26. The van der Waals surface area contributed by atoms with Gasteiger partial charge in [-0.3, -0.25) is 4.79 Å². The Balaban J connectivity index is 1.75. The molecule has 4 nitrogen and oxygen atoms in total. The third kappa shape index (κ3) is 2.45. The van der Waals surface area contributed by atoms with Gasteiger partial charge in [-0.2, -0.15) is 0 Å². The number of rotatable bonds is 3. The molecule has 0 aromatic heterocycles. The molecular weight excluding hydrogens is 252 g/mol. The third-order valence-electron chi connectivity index (χ3n) is 3.38. The van der Waals surface area contributed by atoms with Crippen LogP contribution in [0.4, 0.5) is 11.4 Å². The van der Waals surface area contributed by atoms with Crippen molar-refractivity contribution in [2.24, 2.45) is 0 Å². The first kappa shape index (κ1) is 12.5. The molecule has 0 atom stereocenters. The Morgan fingerprint density at radius 3 is 2.60 bits per heavy atom. The van der Waals surface area contributed by atoms with E-state index in [0.29, 0.717) is 5.56 Å². The quantitative estimate of drug-likeness (QED) is 0.900. The number of hydrogen-bond donors (Lipinski definition) is 2. The fraction of sp³-hybridized carbons (Fsp3) is 0.188. The first-order valence-corrected chi connectivity index (χ1v) is 6.61. The molecule has 1 aliphatic rings. The SMILES string of the molecule is CNc1ccc(C(=O)Nc2ccc3c(c2)CCO3)cc1. The molecule has 0 aliphatic carbocycles. The minimum atomic E-state index is -0.105. The second-order valence-corrected chi connectivity index (χ2v) is 4.70. The van der Waals surface area contributed by atoms with Crippen LogP contribution in [0, 0.1) is 0 Å². The summed E-state index contributed by atoms with van der Waals surface area (Å²) in [6, 6.07) is 13.1. The van der Waals surface area contributed by atoms with E-state index >= 15 is 0 Å². The van der Waals surface area contributed by atoms with Crippen molar-refractivity contribution in [3.8, 4) is 5.75 Å². The molecule has 20 heavy (non-hydrogen) atoms. The number of carbonyl (C=O) groups is 1. The summed E-state index contributed by atoms with van der Waals surface area (Å²) in [4.78, 5) is 12.2. The van der Waals surface area contributed by atoms with Gasteiger partial charge < -0.3 is 15.4 Å². The molecule has 0 bridgehead atoms. The molecule has 0 spiro atoms. The molecule has 4 heteroatoms. The van der Waals surface area contributed by atoms with Gasteiger partial charge in [-0.1, -0.05) is 0 Å². The van der Waals surface area contributed by atoms with Gasteiger partial charge in [-0.05, 0) is 48.0 Å². The maximum Gasteiger partial charge on any atom is 0.255 e. The smallest absolute Gasteiger partial charge is 0.255 e. The lowest BCUT2D eigenvalue weighted by molar-refractivity contribution is 0.102. The number of ether oxygens (including phenoxy) is 1. The van der Waals surface area contributed by atoms with Crippen molar-refractivity contribution in [1.82, 2.24) is 0 Å². The van der Waals surface area contributed by atoms with E-state index < -0.39 is 0 Å². The third-order valence-corrected chi connectivity index (χ3v) is 3.38. The molecule has 1 aliphatic heterocycles. The summed E-state index contributed by atoms with van der Waals surface area (Å²) in [5, 5.41) is 5.94. The highest BCUT2D eigenvalue weighted by Crippen LogP contribution is 2.28. The monoisotopic (exact) mass is 268 g/mol. The maximum atomic E-state index is 12.2. The van der Waals surface area contributed by atoms with Gasteiger partial charge in [0.1, 0.15) is 5.75 Å². The van der Waals surface area contributed by atoms with E-state index in [1.165, 1.54) is 0 Å². The Labute approximate surface area is 117 Å². The summed E-state index contributed by atoms with van der Waals surface area (Å²) in [6.07, 6.45) is 0.899. The van der Waals surface area contributed by atoms with Crippen molar-refractivity contribution >= 4 is 17.3 Å². The summed E-state index contributed by atoms with van der Waals surface area (Å²) in [7, 11) is 1.85. The summed E-state index contributed by atoms with van der Waals surface area (Å²) < 4.78 is 5.45. The molecule has 2 aromatic rings. The van der Waals surface area contributed by atoms with Gasteiger partial charge in [0.15, 0.2) is 0 Å². The van der Waals surface area contributed by atoms with Gasteiger partial charge >= 0.3 is 0 Å². The topological polar surface area (TPSA) is 50.4 Å². The number of nitrogens with one attached hydrogen (secondary N) is 2. The van der Waals surface area contributed by atoms with Crippen molar-refractivity contribution in [2.45, 2.75) is 6.42 Å². The van der Waals surface area contributed by atoms with Crippen LogP contribution in [0.1, 0.15) is 15.9 Å². The van der Waals surface area contributed by atoms with E-state index in [1.807, 2.05) is 37.4 Å². The number of amides is 1. The Bertz CT molecular complexity index is 635. The van der Waals surface area contributed by atoms with Crippen LogP contribution in [0.3, 0.4) is 0 Å². The molecule has 3 rings (SSSR count). The van der Waals surface area contributed by atoms with Crippen LogP contribution >= 0.6 is 0 Å². The Kier molecular flexibility index (Phi) is 3.29. The number of carbonyl (C=O) groups excluding carboxylic acids is 1. The number of hydrogen-bond acceptors (Lipinski definition) is 3. The van der Waals surface area contributed by atoms with Crippen LogP contribution in [-0.2, 0) is 6.42 Å². The first-order valence-electron chi connectivity index (χ1n) is 6.61. The van der Waals surface area contributed by atoms with E-state index in [4.69, 9.17) is 4.74 Å². The van der Waals surface area contributed by atoms with Crippen LogP contribution in [0.15, 0.2) is 42.5 Å². The summed E-state index contributed by atoms with van der Waals surface area (Å²) in [5.41, 5.74) is 3.57. The number of anilines is 2. The minimum Gasteiger partial charge on any atom is -0.493 e. The van der Waals surface area contributed by atoms with Crippen LogP contribution < -0.4 is 15.4 Å². The minimum absolute atomic E-state index is 0.105. The Hall–Kier alpha value is -2.49. The van der Waals surface area contributed by atoms with Gasteiger partial charge in [0.05, 0.1) is 6.61 Å². The zero-order chi connectivity index (χ0) is 13.9. The fourth-order valence-corrected chi connectivity index (χ4v) is 2.26. The number of fused-ring (bicyclic) bond motifs is 1. The standard InChI is InChI=1S/C16H16N2O2/c1-17-13-4-2-11(3-5-13)16(19)18-14-6-7-15-12(10-14)8-9-20-15/h2-7,10,17H,8-9H2,1H3,(H,18,19). The van der Waals surface area contributed by atoms with Gasteiger partial charge in [0.2, 0.25) is 0 Å². The molecule has 102 valence electrons. The van der Waals surface area contributed by atoms with E-state index in [1.54, 1.807) is 12.1 Å². The van der Waals surface area contributed by atoms with Gasteiger partial charge in [-0.25, -0.2) is 0 Å². The van der Waals surface area contributed by atoms with Gasteiger partial charge in [-0.15, -0.1) is 0 Å². The van der Waals surface area contributed by atoms with Gasteiger partial charge in [0.25, 0.3) is 5.91 Å².